The molecule has 1 aromatic heterocycles. The van der Waals surface area contributed by atoms with Gasteiger partial charge < -0.3 is 5.21 Å². The number of aromatic nitrogens is 3. The van der Waals surface area contributed by atoms with Crippen molar-refractivity contribution in [1.29, 1.82) is 0 Å². The van der Waals surface area contributed by atoms with E-state index in [0.717, 1.165) is 4.68 Å². The molecule has 0 aliphatic rings. The second kappa shape index (κ2) is 4.75. The largest absolute Gasteiger partial charge is 0.409 e. The summed E-state index contributed by atoms with van der Waals surface area (Å²) in [4.78, 5) is 15.7. The first-order chi connectivity index (χ1) is 8.24. The molecule has 86 valence electrons. The summed E-state index contributed by atoms with van der Waals surface area (Å²) in [6.07, 6.45) is 2.48. The fourth-order valence-corrected chi connectivity index (χ4v) is 1.50. The predicted molar refractivity (Wildman–Crippen MR) is 60.4 cm³/mol. The van der Waals surface area contributed by atoms with Crippen LogP contribution in [-0.2, 0) is 0 Å². The third-order valence-electron chi connectivity index (χ3n) is 2.05. The second-order valence-corrected chi connectivity index (χ2v) is 3.48. The quantitative estimate of drug-likeness (QED) is 0.288. The highest BCUT2D eigenvalue weighted by molar-refractivity contribution is 6.48. The molecule has 17 heavy (non-hydrogen) atoms. The number of Topliss-reactive ketones (excluding diaryl/α,β-unsaturated/α-hetero) is 1. The Hall–Kier alpha value is -2.21. The van der Waals surface area contributed by atoms with Gasteiger partial charge >= 0.3 is 0 Å². The van der Waals surface area contributed by atoms with E-state index in [-0.39, 0.29) is 16.4 Å². The molecule has 0 aliphatic carbocycles. The standard InChI is InChI=1S/C10H7ClN4O2/c11-8-4-2-1-3-7(8)9(16)10(14-17)15-6-12-5-13-15/h1-6,17H/b14-10+. The molecule has 0 saturated carbocycles. The van der Waals surface area contributed by atoms with E-state index in [4.69, 9.17) is 16.8 Å². The lowest BCUT2D eigenvalue weighted by atomic mass is 10.1. The highest BCUT2D eigenvalue weighted by Gasteiger charge is 2.19. The first-order valence-corrected chi connectivity index (χ1v) is 4.98. The molecule has 0 aliphatic heterocycles. The predicted octanol–water partition coefficient (Wildman–Crippen LogP) is 1.45. The lowest BCUT2D eigenvalue weighted by molar-refractivity contribution is 0.105. The number of ketones is 1. The summed E-state index contributed by atoms with van der Waals surface area (Å²) < 4.78 is 1.06. The molecule has 6 nitrogen and oxygen atoms in total. The van der Waals surface area contributed by atoms with E-state index in [9.17, 15) is 4.79 Å². The van der Waals surface area contributed by atoms with E-state index in [1.807, 2.05) is 0 Å². The van der Waals surface area contributed by atoms with Gasteiger partial charge in [0.25, 0.3) is 0 Å². The lowest BCUT2D eigenvalue weighted by Gasteiger charge is -2.04. The summed E-state index contributed by atoms with van der Waals surface area (Å²) in [5, 5.41) is 15.8. The summed E-state index contributed by atoms with van der Waals surface area (Å²) >= 11 is 5.88. The van der Waals surface area contributed by atoms with Gasteiger partial charge in [-0.05, 0) is 12.1 Å². The van der Waals surface area contributed by atoms with Crippen LogP contribution in [0.15, 0.2) is 42.1 Å². The van der Waals surface area contributed by atoms with Crippen molar-refractivity contribution in [1.82, 2.24) is 14.8 Å². The topological polar surface area (TPSA) is 80.4 Å². The Kier molecular flexibility index (Phi) is 3.15. The third-order valence-corrected chi connectivity index (χ3v) is 2.38. The zero-order valence-electron chi connectivity index (χ0n) is 8.49. The number of rotatable bonds is 2. The molecule has 7 heteroatoms. The van der Waals surface area contributed by atoms with Crippen LogP contribution in [0.1, 0.15) is 10.4 Å². The molecule has 2 aromatic rings. The first kappa shape index (κ1) is 11.3. The van der Waals surface area contributed by atoms with Crippen molar-refractivity contribution in [2.24, 2.45) is 5.16 Å². The van der Waals surface area contributed by atoms with E-state index >= 15 is 0 Å². The van der Waals surface area contributed by atoms with Gasteiger partial charge in [0.05, 0.1) is 5.02 Å². The maximum absolute atomic E-state index is 12.0. The molecule has 1 heterocycles. The summed E-state index contributed by atoms with van der Waals surface area (Å²) in [6.45, 7) is 0. The molecule has 0 amide bonds. The van der Waals surface area contributed by atoms with Crippen LogP contribution in [-0.4, -0.2) is 31.6 Å². The first-order valence-electron chi connectivity index (χ1n) is 4.60. The van der Waals surface area contributed by atoms with Gasteiger partial charge in [-0.1, -0.05) is 28.9 Å². The number of oxime groups is 1. The van der Waals surface area contributed by atoms with Crippen LogP contribution >= 0.6 is 11.6 Å². The van der Waals surface area contributed by atoms with E-state index in [1.54, 1.807) is 18.2 Å². The van der Waals surface area contributed by atoms with Crippen molar-refractivity contribution in [3.05, 3.63) is 47.5 Å². The Morgan fingerprint density at radius 1 is 1.41 bits per heavy atom. The minimum Gasteiger partial charge on any atom is -0.409 e. The van der Waals surface area contributed by atoms with Crippen molar-refractivity contribution in [3.8, 4) is 0 Å². The molecular formula is C10H7ClN4O2. The van der Waals surface area contributed by atoms with Crippen LogP contribution in [0.25, 0.3) is 0 Å². The van der Waals surface area contributed by atoms with Gasteiger partial charge in [-0.25, -0.2) is 4.98 Å². The van der Waals surface area contributed by atoms with Crippen LogP contribution < -0.4 is 0 Å². The van der Waals surface area contributed by atoms with Gasteiger partial charge in [-0.3, -0.25) is 4.79 Å². The maximum Gasteiger partial charge on any atom is 0.242 e. The van der Waals surface area contributed by atoms with Crippen LogP contribution in [0.2, 0.25) is 5.02 Å². The van der Waals surface area contributed by atoms with Crippen molar-refractivity contribution in [2.75, 3.05) is 0 Å². The van der Waals surface area contributed by atoms with Crippen molar-refractivity contribution >= 4 is 23.2 Å². The maximum atomic E-state index is 12.0. The zero-order valence-corrected chi connectivity index (χ0v) is 9.24. The zero-order chi connectivity index (χ0) is 12.3. The minimum absolute atomic E-state index is 0.234. The number of nitrogens with zero attached hydrogens (tertiary/aromatic N) is 4. The average molecular weight is 251 g/mol. The molecule has 2 rings (SSSR count). The van der Waals surface area contributed by atoms with Gasteiger partial charge in [-0.2, -0.15) is 9.78 Å². The summed E-state index contributed by atoms with van der Waals surface area (Å²) in [6, 6.07) is 6.47. The molecule has 0 spiro atoms. The van der Waals surface area contributed by atoms with E-state index < -0.39 is 5.78 Å². The number of halogens is 1. The molecule has 0 radical (unpaired) electrons. The van der Waals surface area contributed by atoms with Gasteiger partial charge in [0.1, 0.15) is 12.7 Å². The van der Waals surface area contributed by atoms with Crippen molar-refractivity contribution < 1.29 is 10.0 Å². The van der Waals surface area contributed by atoms with Crippen molar-refractivity contribution in [2.45, 2.75) is 0 Å². The fourth-order valence-electron chi connectivity index (χ4n) is 1.28. The van der Waals surface area contributed by atoms with Crippen LogP contribution in [0.5, 0.6) is 0 Å². The SMILES string of the molecule is O=C(/C(=N\O)n1cncn1)c1ccccc1Cl. The van der Waals surface area contributed by atoms with Gasteiger partial charge in [0.15, 0.2) is 0 Å². The van der Waals surface area contributed by atoms with E-state index in [2.05, 4.69) is 15.2 Å². The van der Waals surface area contributed by atoms with E-state index in [1.165, 1.54) is 18.7 Å². The average Bonchev–Trinajstić information content (AvgIpc) is 2.84. The molecule has 0 fully saturated rings. The smallest absolute Gasteiger partial charge is 0.242 e. The number of hydrogen-bond acceptors (Lipinski definition) is 5. The summed E-state index contributed by atoms with van der Waals surface area (Å²) in [5.74, 6) is -0.806. The second-order valence-electron chi connectivity index (χ2n) is 3.07. The molecule has 1 N–H and O–H groups in total. The normalized spacial score (nSPS) is 11.5. The molecule has 0 atom stereocenters. The fraction of sp³-hybridized carbons (Fsp3) is 0. The Balaban J connectivity index is 2.41. The van der Waals surface area contributed by atoms with E-state index in [0.29, 0.717) is 0 Å². The Morgan fingerprint density at radius 2 is 2.18 bits per heavy atom. The van der Waals surface area contributed by atoms with Gasteiger partial charge in [0.2, 0.25) is 11.6 Å². The van der Waals surface area contributed by atoms with Crippen molar-refractivity contribution in [3.63, 3.8) is 0 Å². The van der Waals surface area contributed by atoms with Crippen LogP contribution in [0.3, 0.4) is 0 Å². The highest BCUT2D eigenvalue weighted by atomic mass is 35.5. The molecule has 0 bridgehead atoms. The molecular weight excluding hydrogens is 244 g/mol. The summed E-state index contributed by atoms with van der Waals surface area (Å²) in [7, 11) is 0. The Labute approximate surface area is 101 Å². The molecule has 1 aromatic carbocycles. The van der Waals surface area contributed by atoms with Gasteiger partial charge in [0, 0.05) is 5.56 Å². The Morgan fingerprint density at radius 3 is 2.76 bits per heavy atom. The number of carbonyl (C=O) groups is 1. The highest BCUT2D eigenvalue weighted by Crippen LogP contribution is 2.16. The number of carbonyl (C=O) groups excluding carboxylic acids is 1. The monoisotopic (exact) mass is 250 g/mol. The molecule has 0 unspecified atom stereocenters. The summed E-state index contributed by atoms with van der Waals surface area (Å²) in [5.41, 5.74) is 0.234. The van der Waals surface area contributed by atoms with Gasteiger partial charge in [-0.15, -0.1) is 0 Å². The van der Waals surface area contributed by atoms with Crippen LogP contribution in [0.4, 0.5) is 0 Å². The van der Waals surface area contributed by atoms with Crippen LogP contribution in [0, 0.1) is 0 Å². The number of hydrogen-bond donors (Lipinski definition) is 1. The molecule has 0 saturated heterocycles. The third kappa shape index (κ3) is 2.16. The lowest BCUT2D eigenvalue weighted by Crippen LogP contribution is -2.24. The Bertz CT molecular complexity index is 565. The minimum atomic E-state index is -0.538. The number of benzene rings is 1.